The summed E-state index contributed by atoms with van der Waals surface area (Å²) >= 11 is 1.43. The van der Waals surface area contributed by atoms with E-state index in [4.69, 9.17) is 4.74 Å². The van der Waals surface area contributed by atoms with Gasteiger partial charge in [0.1, 0.15) is 5.75 Å². The highest BCUT2D eigenvalue weighted by Gasteiger charge is 2.24. The summed E-state index contributed by atoms with van der Waals surface area (Å²) in [5.41, 5.74) is 1.81. The standard InChI is InChI=1S/C20H21N3O4S/c1-2-27-18-8-6-15(7-9-18)13-19(24)22-11-10-21-20(22)28-14-16-4-3-5-17(12-16)23(25)26/h3-9,12H,2,10-11,13-14H2,1H3. The monoisotopic (exact) mass is 399 g/mol. The lowest BCUT2D eigenvalue weighted by Crippen LogP contribution is -2.34. The molecule has 0 N–H and O–H groups in total. The number of carbonyl (C=O) groups is 1. The van der Waals surface area contributed by atoms with Gasteiger partial charge < -0.3 is 4.74 Å². The smallest absolute Gasteiger partial charge is 0.269 e. The van der Waals surface area contributed by atoms with Crippen molar-refractivity contribution in [2.45, 2.75) is 19.1 Å². The third-order valence-corrected chi connectivity index (χ3v) is 5.27. The molecular formula is C20H21N3O4S. The molecule has 0 fully saturated rings. The Bertz CT molecular complexity index is 883. The predicted molar refractivity (Wildman–Crippen MR) is 110 cm³/mol. The van der Waals surface area contributed by atoms with Crippen LogP contribution in [0.4, 0.5) is 5.69 Å². The molecule has 0 atom stereocenters. The van der Waals surface area contributed by atoms with Crippen LogP contribution < -0.4 is 4.74 Å². The average molecular weight is 399 g/mol. The number of rotatable bonds is 7. The lowest BCUT2D eigenvalue weighted by Gasteiger charge is -2.18. The van der Waals surface area contributed by atoms with Gasteiger partial charge in [-0.1, -0.05) is 36.0 Å². The van der Waals surface area contributed by atoms with E-state index in [2.05, 4.69) is 4.99 Å². The zero-order chi connectivity index (χ0) is 19.9. The van der Waals surface area contributed by atoms with E-state index >= 15 is 0 Å². The number of hydrogen-bond donors (Lipinski definition) is 0. The van der Waals surface area contributed by atoms with Crippen molar-refractivity contribution in [3.8, 4) is 5.75 Å². The van der Waals surface area contributed by atoms with Crippen LogP contribution in [0.25, 0.3) is 0 Å². The maximum Gasteiger partial charge on any atom is 0.269 e. The Hall–Kier alpha value is -2.87. The largest absolute Gasteiger partial charge is 0.494 e. The summed E-state index contributed by atoms with van der Waals surface area (Å²) in [5.74, 6) is 1.30. The quantitative estimate of drug-likeness (QED) is 0.524. The molecule has 0 unspecified atom stereocenters. The van der Waals surface area contributed by atoms with E-state index in [9.17, 15) is 14.9 Å². The highest BCUT2D eigenvalue weighted by atomic mass is 32.2. The molecule has 1 aliphatic rings. The minimum absolute atomic E-state index is 0.00745. The van der Waals surface area contributed by atoms with Gasteiger partial charge in [-0.15, -0.1) is 0 Å². The third-order valence-electron chi connectivity index (χ3n) is 4.18. The first-order valence-corrected chi connectivity index (χ1v) is 9.98. The topological polar surface area (TPSA) is 85.0 Å². The summed E-state index contributed by atoms with van der Waals surface area (Å²) in [7, 11) is 0. The first-order chi connectivity index (χ1) is 13.6. The number of thioether (sulfide) groups is 1. The van der Waals surface area contributed by atoms with E-state index in [1.165, 1.54) is 17.8 Å². The fourth-order valence-corrected chi connectivity index (χ4v) is 3.84. The van der Waals surface area contributed by atoms with Crippen molar-refractivity contribution in [3.63, 3.8) is 0 Å². The summed E-state index contributed by atoms with van der Waals surface area (Å²) < 4.78 is 5.42. The van der Waals surface area contributed by atoms with E-state index in [1.807, 2.05) is 37.3 Å². The summed E-state index contributed by atoms with van der Waals surface area (Å²) in [6.45, 7) is 3.67. The lowest BCUT2D eigenvalue weighted by atomic mass is 10.1. The molecular weight excluding hydrogens is 378 g/mol. The molecule has 0 saturated heterocycles. The highest BCUT2D eigenvalue weighted by molar-refractivity contribution is 8.13. The number of aliphatic imine (C=N–C) groups is 1. The molecule has 0 bridgehead atoms. The van der Waals surface area contributed by atoms with Crippen molar-refractivity contribution in [2.75, 3.05) is 19.7 Å². The van der Waals surface area contributed by atoms with E-state index in [-0.39, 0.29) is 11.6 Å². The van der Waals surface area contributed by atoms with Gasteiger partial charge in [0, 0.05) is 24.4 Å². The van der Waals surface area contributed by atoms with E-state index < -0.39 is 4.92 Å². The van der Waals surface area contributed by atoms with Gasteiger partial charge in [-0.25, -0.2) is 0 Å². The fourth-order valence-electron chi connectivity index (χ4n) is 2.83. The van der Waals surface area contributed by atoms with Crippen LogP contribution in [0.15, 0.2) is 53.5 Å². The van der Waals surface area contributed by atoms with E-state index in [1.54, 1.807) is 17.0 Å². The molecule has 7 nitrogen and oxygen atoms in total. The maximum atomic E-state index is 12.7. The summed E-state index contributed by atoms with van der Waals surface area (Å²) in [5, 5.41) is 11.6. The number of amides is 1. The Balaban J connectivity index is 1.58. The van der Waals surface area contributed by atoms with Crippen molar-refractivity contribution >= 4 is 28.5 Å². The molecule has 0 aliphatic carbocycles. The Labute approximate surface area is 167 Å². The number of nitro groups is 1. The second-order valence-electron chi connectivity index (χ2n) is 6.18. The number of nitrogens with zero attached hydrogens (tertiary/aromatic N) is 3. The first-order valence-electron chi connectivity index (χ1n) is 8.99. The molecule has 1 aliphatic heterocycles. The number of hydrogen-bond acceptors (Lipinski definition) is 6. The van der Waals surface area contributed by atoms with Crippen LogP contribution in [-0.4, -0.2) is 40.6 Å². The Morgan fingerprint density at radius 1 is 1.25 bits per heavy atom. The van der Waals surface area contributed by atoms with Gasteiger partial charge in [0.05, 0.1) is 24.5 Å². The molecule has 0 spiro atoms. The molecule has 28 heavy (non-hydrogen) atoms. The van der Waals surface area contributed by atoms with Gasteiger partial charge in [0.2, 0.25) is 5.91 Å². The fraction of sp³-hybridized carbons (Fsp3) is 0.300. The van der Waals surface area contributed by atoms with Gasteiger partial charge in [-0.2, -0.15) is 0 Å². The van der Waals surface area contributed by atoms with Gasteiger partial charge >= 0.3 is 0 Å². The minimum atomic E-state index is -0.409. The Kier molecular flexibility index (Phi) is 6.65. The zero-order valence-corrected chi connectivity index (χ0v) is 16.4. The van der Waals surface area contributed by atoms with E-state index in [0.717, 1.165) is 16.9 Å². The minimum Gasteiger partial charge on any atom is -0.494 e. The second-order valence-corrected chi connectivity index (χ2v) is 7.12. The third kappa shape index (κ3) is 5.10. The van der Waals surface area contributed by atoms with Crippen LogP contribution >= 0.6 is 11.8 Å². The molecule has 3 rings (SSSR count). The van der Waals surface area contributed by atoms with Crippen LogP contribution in [0.3, 0.4) is 0 Å². The molecule has 0 aromatic heterocycles. The summed E-state index contributed by atoms with van der Waals surface area (Å²) in [4.78, 5) is 29.3. The number of benzene rings is 2. The molecule has 2 aromatic rings. The van der Waals surface area contributed by atoms with Crippen LogP contribution in [0.2, 0.25) is 0 Å². The maximum absolute atomic E-state index is 12.7. The number of non-ortho nitro benzene ring substituents is 1. The lowest BCUT2D eigenvalue weighted by molar-refractivity contribution is -0.384. The van der Waals surface area contributed by atoms with Gasteiger partial charge in [0.15, 0.2) is 5.17 Å². The molecule has 146 valence electrons. The molecule has 2 aromatic carbocycles. The van der Waals surface area contributed by atoms with Crippen LogP contribution in [0, 0.1) is 10.1 Å². The summed E-state index contributed by atoms with van der Waals surface area (Å²) in [6, 6.07) is 14.0. The molecule has 1 amide bonds. The van der Waals surface area contributed by atoms with Crippen LogP contribution in [0.1, 0.15) is 18.1 Å². The van der Waals surface area contributed by atoms with Crippen molar-refractivity contribution in [2.24, 2.45) is 4.99 Å². The van der Waals surface area contributed by atoms with Gasteiger partial charge in [-0.05, 0) is 30.2 Å². The first kappa shape index (κ1) is 19.9. The van der Waals surface area contributed by atoms with Crippen LogP contribution in [-0.2, 0) is 17.0 Å². The SMILES string of the molecule is CCOc1ccc(CC(=O)N2CCN=C2SCc2cccc([N+](=O)[O-])c2)cc1. The second kappa shape index (κ2) is 9.36. The highest BCUT2D eigenvalue weighted by Crippen LogP contribution is 2.23. The molecule has 0 radical (unpaired) electrons. The number of ether oxygens (including phenoxy) is 1. The molecule has 8 heteroatoms. The normalized spacial score (nSPS) is 13.3. The number of amidine groups is 1. The van der Waals surface area contributed by atoms with Crippen molar-refractivity contribution in [1.29, 1.82) is 0 Å². The molecule has 0 saturated carbocycles. The van der Waals surface area contributed by atoms with Gasteiger partial charge in [-0.3, -0.25) is 24.8 Å². The number of nitro benzene ring substituents is 1. The number of carbonyl (C=O) groups excluding carboxylic acids is 1. The van der Waals surface area contributed by atoms with Crippen molar-refractivity contribution in [1.82, 2.24) is 4.90 Å². The van der Waals surface area contributed by atoms with E-state index in [0.29, 0.717) is 37.0 Å². The predicted octanol–water partition coefficient (Wildman–Crippen LogP) is 3.67. The average Bonchev–Trinajstić information content (AvgIpc) is 3.17. The van der Waals surface area contributed by atoms with Gasteiger partial charge in [0.25, 0.3) is 5.69 Å². The van der Waals surface area contributed by atoms with Crippen LogP contribution in [0.5, 0.6) is 5.75 Å². The molecule has 1 heterocycles. The Morgan fingerprint density at radius 3 is 2.75 bits per heavy atom. The van der Waals surface area contributed by atoms with Crippen molar-refractivity contribution < 1.29 is 14.5 Å². The Morgan fingerprint density at radius 2 is 2.04 bits per heavy atom. The summed E-state index contributed by atoms with van der Waals surface area (Å²) in [6.07, 6.45) is 0.294. The zero-order valence-electron chi connectivity index (χ0n) is 15.5. The van der Waals surface area contributed by atoms with Crippen molar-refractivity contribution in [3.05, 3.63) is 69.8 Å².